The maximum absolute atomic E-state index is 14.8. The summed E-state index contributed by atoms with van der Waals surface area (Å²) in [5.41, 5.74) is 1.33. The standard InChI is InChI=1S/C26H31F3N4O4/c1-5-36-25(35)32-11-10-26(4,14-32)30-23(34)16-6-8-18-21(12-16)33(15(2)3)31-22(18)19-13-17(37-24(28)29)7-9-20(19)27/h7,9-11,13,15-16,24H,5-6,8,12,14H2,1-4H3,(H,30,34). The zero-order valence-electron chi connectivity index (χ0n) is 21.3. The highest BCUT2D eigenvalue weighted by molar-refractivity contribution is 5.81. The number of ether oxygens (including phenoxy) is 2. The van der Waals surface area contributed by atoms with E-state index >= 15 is 0 Å². The van der Waals surface area contributed by atoms with Crippen molar-refractivity contribution >= 4 is 12.0 Å². The Balaban J connectivity index is 1.55. The van der Waals surface area contributed by atoms with Gasteiger partial charge in [0.05, 0.1) is 24.4 Å². The lowest BCUT2D eigenvalue weighted by molar-refractivity contribution is -0.126. The third-order valence-corrected chi connectivity index (χ3v) is 6.61. The number of benzene rings is 1. The molecule has 37 heavy (non-hydrogen) atoms. The van der Waals surface area contributed by atoms with Crippen LogP contribution in [0.3, 0.4) is 0 Å². The molecule has 1 aromatic heterocycles. The van der Waals surface area contributed by atoms with Crippen molar-refractivity contribution in [2.75, 3.05) is 13.2 Å². The first-order valence-electron chi connectivity index (χ1n) is 12.3. The minimum absolute atomic E-state index is 0.0683. The first-order chi connectivity index (χ1) is 17.5. The zero-order valence-corrected chi connectivity index (χ0v) is 21.3. The molecule has 4 rings (SSSR count). The smallest absolute Gasteiger partial charge is 0.413 e. The number of nitrogens with one attached hydrogen (secondary N) is 1. The van der Waals surface area contributed by atoms with Crippen LogP contribution < -0.4 is 10.1 Å². The third-order valence-electron chi connectivity index (χ3n) is 6.61. The molecule has 1 aliphatic heterocycles. The molecule has 0 fully saturated rings. The predicted octanol–water partition coefficient (Wildman–Crippen LogP) is 4.84. The van der Waals surface area contributed by atoms with Crippen LogP contribution in [0.2, 0.25) is 0 Å². The SMILES string of the molecule is CCOC(=O)N1C=CC(C)(NC(=O)C2CCc3c(-c4cc(OC(F)F)ccc4F)nn(C(C)C)c3C2)C1. The molecule has 2 atom stereocenters. The van der Waals surface area contributed by atoms with E-state index in [0.29, 0.717) is 25.0 Å². The molecule has 1 N–H and O–H groups in total. The Hall–Kier alpha value is -3.50. The van der Waals surface area contributed by atoms with Gasteiger partial charge in [0, 0.05) is 41.4 Å². The normalized spacial score (nSPS) is 20.9. The van der Waals surface area contributed by atoms with Gasteiger partial charge in [-0.05, 0) is 64.8 Å². The van der Waals surface area contributed by atoms with Crippen molar-refractivity contribution in [1.82, 2.24) is 20.0 Å². The molecule has 1 aliphatic carbocycles. The molecule has 2 unspecified atom stereocenters. The zero-order chi connectivity index (χ0) is 26.9. The summed E-state index contributed by atoms with van der Waals surface area (Å²) in [5.74, 6) is -1.25. The number of fused-ring (bicyclic) bond motifs is 1. The van der Waals surface area contributed by atoms with E-state index in [1.165, 1.54) is 11.0 Å². The molecule has 0 bridgehead atoms. The van der Waals surface area contributed by atoms with Gasteiger partial charge in [0.15, 0.2) is 0 Å². The number of carbonyl (C=O) groups excluding carboxylic acids is 2. The summed E-state index contributed by atoms with van der Waals surface area (Å²) >= 11 is 0. The fourth-order valence-corrected chi connectivity index (χ4v) is 4.88. The molecule has 2 aromatic rings. The van der Waals surface area contributed by atoms with Crippen molar-refractivity contribution in [3.8, 4) is 17.0 Å². The second kappa shape index (κ2) is 10.5. The molecule has 8 nitrogen and oxygen atoms in total. The second-order valence-electron chi connectivity index (χ2n) is 9.82. The summed E-state index contributed by atoms with van der Waals surface area (Å²) in [5, 5.41) is 7.69. The predicted molar refractivity (Wildman–Crippen MR) is 130 cm³/mol. The number of nitrogens with zero attached hydrogens (tertiary/aromatic N) is 3. The number of hydrogen-bond donors (Lipinski definition) is 1. The molecule has 0 spiro atoms. The van der Waals surface area contributed by atoms with E-state index in [2.05, 4.69) is 15.2 Å². The maximum Gasteiger partial charge on any atom is 0.413 e. The third kappa shape index (κ3) is 5.60. The quantitative estimate of drug-likeness (QED) is 0.565. The maximum atomic E-state index is 14.8. The van der Waals surface area contributed by atoms with Gasteiger partial charge in [-0.25, -0.2) is 9.18 Å². The molecule has 1 aromatic carbocycles. The number of rotatable bonds is 7. The number of carbonyl (C=O) groups is 2. The lowest BCUT2D eigenvalue weighted by Gasteiger charge is -2.30. The monoisotopic (exact) mass is 520 g/mol. The van der Waals surface area contributed by atoms with E-state index in [1.807, 2.05) is 20.8 Å². The van der Waals surface area contributed by atoms with Gasteiger partial charge < -0.3 is 14.8 Å². The van der Waals surface area contributed by atoms with Crippen LogP contribution in [0.5, 0.6) is 5.75 Å². The van der Waals surface area contributed by atoms with E-state index < -0.39 is 24.1 Å². The van der Waals surface area contributed by atoms with Gasteiger partial charge in [0.25, 0.3) is 0 Å². The molecule has 200 valence electrons. The Morgan fingerprint density at radius 3 is 2.73 bits per heavy atom. The Morgan fingerprint density at radius 2 is 2.05 bits per heavy atom. The highest BCUT2D eigenvalue weighted by Gasteiger charge is 2.37. The lowest BCUT2D eigenvalue weighted by Crippen LogP contribution is -2.51. The summed E-state index contributed by atoms with van der Waals surface area (Å²) in [4.78, 5) is 26.7. The van der Waals surface area contributed by atoms with Crippen molar-refractivity contribution in [3.05, 3.63) is 47.5 Å². The van der Waals surface area contributed by atoms with Gasteiger partial charge in [-0.15, -0.1) is 0 Å². The minimum Gasteiger partial charge on any atom is -0.449 e. The van der Waals surface area contributed by atoms with Gasteiger partial charge in [-0.3, -0.25) is 14.4 Å². The van der Waals surface area contributed by atoms with Gasteiger partial charge in [-0.2, -0.15) is 13.9 Å². The van der Waals surface area contributed by atoms with E-state index in [4.69, 9.17) is 4.74 Å². The molecule has 2 aliphatic rings. The molecule has 0 saturated carbocycles. The Kier molecular flexibility index (Phi) is 7.52. The Bertz CT molecular complexity index is 1210. The molecule has 2 amide bonds. The Labute approximate surface area is 213 Å². The lowest BCUT2D eigenvalue weighted by atomic mass is 9.84. The van der Waals surface area contributed by atoms with Crippen LogP contribution in [0.15, 0.2) is 30.5 Å². The highest BCUT2D eigenvalue weighted by Crippen LogP contribution is 2.37. The number of aromatic nitrogens is 2. The van der Waals surface area contributed by atoms with E-state index in [0.717, 1.165) is 23.4 Å². The minimum atomic E-state index is -3.03. The molecule has 0 radical (unpaired) electrons. The number of halogens is 3. The van der Waals surface area contributed by atoms with Gasteiger partial charge in [0.1, 0.15) is 11.6 Å². The average molecular weight is 521 g/mol. The number of amides is 2. The fourth-order valence-electron chi connectivity index (χ4n) is 4.88. The van der Waals surface area contributed by atoms with Crippen molar-refractivity contribution in [2.45, 2.75) is 65.1 Å². The van der Waals surface area contributed by atoms with Crippen LogP contribution in [0.25, 0.3) is 11.3 Å². The second-order valence-corrected chi connectivity index (χ2v) is 9.82. The van der Waals surface area contributed by atoms with Crippen LogP contribution in [0.1, 0.15) is 51.4 Å². The summed E-state index contributed by atoms with van der Waals surface area (Å²) in [6.07, 6.45) is 4.27. The van der Waals surface area contributed by atoms with Crippen molar-refractivity contribution < 1.29 is 32.2 Å². The van der Waals surface area contributed by atoms with Crippen molar-refractivity contribution in [3.63, 3.8) is 0 Å². The summed E-state index contributed by atoms with van der Waals surface area (Å²) in [7, 11) is 0. The van der Waals surface area contributed by atoms with Crippen LogP contribution in [0.4, 0.5) is 18.0 Å². The first-order valence-corrected chi connectivity index (χ1v) is 12.3. The van der Waals surface area contributed by atoms with Crippen LogP contribution >= 0.6 is 0 Å². The van der Waals surface area contributed by atoms with E-state index in [9.17, 15) is 22.8 Å². The molecular formula is C26H31F3N4O4. The average Bonchev–Trinajstić information content (AvgIpc) is 3.41. The van der Waals surface area contributed by atoms with Crippen LogP contribution in [-0.2, 0) is 22.4 Å². The number of alkyl halides is 2. The summed E-state index contributed by atoms with van der Waals surface area (Å²) in [6, 6.07) is 3.40. The fraction of sp³-hybridized carbons (Fsp3) is 0.500. The molecule has 11 heteroatoms. The highest BCUT2D eigenvalue weighted by atomic mass is 19.3. The first kappa shape index (κ1) is 26.6. The van der Waals surface area contributed by atoms with Crippen molar-refractivity contribution in [2.24, 2.45) is 5.92 Å². The number of hydrogen-bond acceptors (Lipinski definition) is 5. The molecule has 0 saturated heterocycles. The van der Waals surface area contributed by atoms with Gasteiger partial charge >= 0.3 is 12.7 Å². The molecular weight excluding hydrogens is 489 g/mol. The van der Waals surface area contributed by atoms with Crippen LogP contribution in [-0.4, -0.2) is 52.0 Å². The van der Waals surface area contributed by atoms with E-state index in [1.54, 1.807) is 23.9 Å². The van der Waals surface area contributed by atoms with Crippen molar-refractivity contribution in [1.29, 1.82) is 0 Å². The van der Waals surface area contributed by atoms with Gasteiger partial charge in [0.2, 0.25) is 5.91 Å². The topological polar surface area (TPSA) is 85.7 Å². The summed E-state index contributed by atoms with van der Waals surface area (Å²) in [6.45, 7) is 4.92. The van der Waals surface area contributed by atoms with Crippen LogP contribution in [0, 0.1) is 11.7 Å². The Morgan fingerprint density at radius 1 is 1.30 bits per heavy atom. The van der Waals surface area contributed by atoms with E-state index in [-0.39, 0.29) is 42.3 Å². The molecule has 2 heterocycles. The largest absolute Gasteiger partial charge is 0.449 e. The van der Waals surface area contributed by atoms with Gasteiger partial charge in [-0.1, -0.05) is 0 Å². The summed E-state index contributed by atoms with van der Waals surface area (Å²) < 4.78 is 51.5.